The minimum Gasteiger partial charge on any atom is -0.480 e. The molecule has 2 fully saturated rings. The van der Waals surface area contributed by atoms with Crippen LogP contribution < -0.4 is 0 Å². The first-order chi connectivity index (χ1) is 22.9. The molecule has 0 unspecified atom stereocenters. The van der Waals surface area contributed by atoms with E-state index in [0.717, 1.165) is 51.4 Å². The quantitative estimate of drug-likeness (QED) is 0.193. The molecular weight excluding hydrogens is 620 g/mol. The van der Waals surface area contributed by atoms with Crippen molar-refractivity contribution in [1.29, 1.82) is 0 Å². The van der Waals surface area contributed by atoms with E-state index in [1.165, 1.54) is 12.1 Å². The average Bonchev–Trinajstić information content (AvgIpc) is 3.05. The molecule has 262 valence electrons. The summed E-state index contributed by atoms with van der Waals surface area (Å²) < 4.78 is 0. The van der Waals surface area contributed by atoms with Crippen LogP contribution in [0.3, 0.4) is 0 Å². The van der Waals surface area contributed by atoms with Gasteiger partial charge in [0.25, 0.3) is 0 Å². The largest absolute Gasteiger partial charge is 0.480 e. The number of aromatic carboxylic acids is 2. The van der Waals surface area contributed by atoms with Crippen LogP contribution in [0.15, 0.2) is 36.4 Å². The smallest absolute Gasteiger partial charge is 0.354 e. The molecule has 0 aromatic carbocycles. The van der Waals surface area contributed by atoms with Gasteiger partial charge in [0.05, 0.1) is 24.5 Å². The third-order valence-corrected chi connectivity index (χ3v) is 9.68. The molecule has 0 saturated heterocycles. The number of aliphatic carboxylic acids is 2. The molecule has 2 saturated carbocycles. The second kappa shape index (κ2) is 17.4. The van der Waals surface area contributed by atoms with Crippen molar-refractivity contribution in [3.63, 3.8) is 0 Å². The van der Waals surface area contributed by atoms with E-state index in [9.17, 15) is 39.6 Å². The molecule has 2 heterocycles. The molecule has 0 spiro atoms. The Bertz CT molecular complexity index is 1320. The molecule has 4 atom stereocenters. The van der Waals surface area contributed by atoms with Crippen LogP contribution in [0.25, 0.3) is 0 Å². The Balaban J connectivity index is 1.51. The molecule has 2 aromatic rings. The number of nitrogens with zero attached hydrogens (tertiary/aromatic N) is 6. The molecular formula is C34H48N6O8. The molecule has 4 rings (SSSR count). The first-order valence-corrected chi connectivity index (χ1v) is 16.6. The third-order valence-electron chi connectivity index (χ3n) is 9.68. The molecule has 14 heteroatoms. The second-order valence-electron chi connectivity index (χ2n) is 13.0. The summed E-state index contributed by atoms with van der Waals surface area (Å²) in [6.45, 7) is 1.21. The fraction of sp³-hybridized carbons (Fsp3) is 0.588. The van der Waals surface area contributed by atoms with Gasteiger partial charge in [-0.15, -0.1) is 0 Å². The highest BCUT2D eigenvalue weighted by Crippen LogP contribution is 2.30. The van der Waals surface area contributed by atoms with E-state index >= 15 is 0 Å². The molecule has 2 aliphatic rings. The topological polar surface area (TPSA) is 188 Å². The van der Waals surface area contributed by atoms with Crippen LogP contribution in [0, 0.1) is 0 Å². The van der Waals surface area contributed by atoms with Crippen molar-refractivity contribution in [2.45, 2.75) is 88.6 Å². The number of likely N-dealkylation sites (N-methyl/N-ethyl adjacent to an activating group) is 2. The Morgan fingerprint density at radius 2 is 0.958 bits per heavy atom. The molecule has 14 nitrogen and oxygen atoms in total. The van der Waals surface area contributed by atoms with Gasteiger partial charge in [-0.25, -0.2) is 19.6 Å². The van der Waals surface area contributed by atoms with E-state index < -0.39 is 23.9 Å². The lowest BCUT2D eigenvalue weighted by atomic mass is 9.87. The van der Waals surface area contributed by atoms with Gasteiger partial charge in [-0.1, -0.05) is 37.8 Å². The highest BCUT2D eigenvalue weighted by Gasteiger charge is 2.37. The van der Waals surface area contributed by atoms with Crippen LogP contribution in [0.2, 0.25) is 0 Å². The number of aromatic nitrogens is 2. The monoisotopic (exact) mass is 668 g/mol. The maximum absolute atomic E-state index is 12.1. The SMILES string of the molecule is CN(Cc1cccc(C(=O)O)n1)[C@@H]1CCCC[C@H]1N(CCN(CC(=O)O)[C@H]1CCCC[C@@H]1N(C)Cc1cccc(C(=O)O)n1)CC(=O)O. The molecule has 0 aliphatic heterocycles. The third kappa shape index (κ3) is 10.3. The predicted octanol–water partition coefficient (Wildman–Crippen LogP) is 2.83. The number of carboxylic acid groups (broad SMARTS) is 4. The summed E-state index contributed by atoms with van der Waals surface area (Å²) in [5.41, 5.74) is 1.20. The highest BCUT2D eigenvalue weighted by atomic mass is 16.4. The zero-order chi connectivity index (χ0) is 34.8. The summed E-state index contributed by atoms with van der Waals surface area (Å²) in [7, 11) is 3.91. The first-order valence-electron chi connectivity index (χ1n) is 16.6. The molecule has 0 bridgehead atoms. The number of hydrogen-bond donors (Lipinski definition) is 4. The van der Waals surface area contributed by atoms with Crippen LogP contribution in [-0.4, -0.2) is 138 Å². The zero-order valence-corrected chi connectivity index (χ0v) is 27.8. The normalized spacial score (nSPS) is 21.5. The lowest BCUT2D eigenvalue weighted by Crippen LogP contribution is -2.57. The Hall–Kier alpha value is -3.98. The lowest BCUT2D eigenvalue weighted by Gasteiger charge is -2.46. The Morgan fingerprint density at radius 3 is 1.29 bits per heavy atom. The van der Waals surface area contributed by atoms with E-state index in [2.05, 4.69) is 19.8 Å². The van der Waals surface area contributed by atoms with Gasteiger partial charge in [-0.2, -0.15) is 0 Å². The van der Waals surface area contributed by atoms with E-state index in [1.54, 1.807) is 24.3 Å². The number of pyridine rings is 2. The summed E-state index contributed by atoms with van der Waals surface area (Å²) in [5, 5.41) is 38.7. The minimum absolute atomic E-state index is 0.00364. The number of carboxylic acids is 4. The zero-order valence-electron chi connectivity index (χ0n) is 27.8. The van der Waals surface area contributed by atoms with Gasteiger partial charge in [0.1, 0.15) is 11.4 Å². The predicted molar refractivity (Wildman–Crippen MR) is 176 cm³/mol. The summed E-state index contributed by atoms with van der Waals surface area (Å²) >= 11 is 0. The van der Waals surface area contributed by atoms with E-state index in [0.29, 0.717) is 37.6 Å². The van der Waals surface area contributed by atoms with Crippen molar-refractivity contribution in [3.8, 4) is 0 Å². The van der Waals surface area contributed by atoms with Crippen LogP contribution >= 0.6 is 0 Å². The van der Waals surface area contributed by atoms with Gasteiger partial charge >= 0.3 is 23.9 Å². The van der Waals surface area contributed by atoms with Crippen molar-refractivity contribution < 1.29 is 39.6 Å². The second-order valence-corrected chi connectivity index (χ2v) is 13.0. The number of carbonyl (C=O) groups is 4. The number of rotatable bonds is 17. The van der Waals surface area contributed by atoms with Gasteiger partial charge in [0.2, 0.25) is 0 Å². The van der Waals surface area contributed by atoms with Crippen molar-refractivity contribution in [1.82, 2.24) is 29.6 Å². The Morgan fingerprint density at radius 1 is 0.604 bits per heavy atom. The van der Waals surface area contributed by atoms with E-state index in [1.807, 2.05) is 23.9 Å². The van der Waals surface area contributed by atoms with Crippen molar-refractivity contribution >= 4 is 23.9 Å². The minimum atomic E-state index is -1.09. The van der Waals surface area contributed by atoms with Crippen molar-refractivity contribution in [2.75, 3.05) is 40.3 Å². The fourth-order valence-corrected chi connectivity index (χ4v) is 7.51. The molecule has 0 radical (unpaired) electrons. The molecule has 2 aromatic heterocycles. The van der Waals surface area contributed by atoms with Crippen LogP contribution in [0.1, 0.15) is 83.7 Å². The first kappa shape index (κ1) is 36.8. The average molecular weight is 669 g/mol. The van der Waals surface area contributed by atoms with Crippen molar-refractivity contribution in [3.05, 3.63) is 59.2 Å². The lowest BCUT2D eigenvalue weighted by molar-refractivity contribution is -0.142. The Labute approximate surface area is 281 Å². The maximum Gasteiger partial charge on any atom is 0.354 e. The van der Waals surface area contributed by atoms with Gasteiger partial charge < -0.3 is 20.4 Å². The standard InChI is InChI=1S/C34H48N6O8/c1-37(19-23-9-7-11-25(35-23)33(45)46)27-13-3-5-15-29(27)39(21-31(41)42)17-18-40(22-32(43)44)30-16-6-4-14-28(30)38(2)20-24-10-8-12-26(36-24)34(47)48/h7-12,27-30H,3-6,13-22H2,1-2H3,(H,41,42)(H,43,44)(H,45,46)(H,47,48)/t27-,28+,29-,30+. The number of hydrogen-bond acceptors (Lipinski definition) is 10. The fourth-order valence-electron chi connectivity index (χ4n) is 7.51. The van der Waals surface area contributed by atoms with Crippen molar-refractivity contribution in [2.24, 2.45) is 0 Å². The maximum atomic E-state index is 12.1. The van der Waals surface area contributed by atoms with Crippen LogP contribution in [0.4, 0.5) is 0 Å². The van der Waals surface area contributed by atoms with Gasteiger partial charge in [-0.3, -0.25) is 29.2 Å². The summed E-state index contributed by atoms with van der Waals surface area (Å²) in [6, 6.07) is 9.65. The summed E-state index contributed by atoms with van der Waals surface area (Å²) in [5.74, 6) is -4.09. The van der Waals surface area contributed by atoms with Gasteiger partial charge in [0, 0.05) is 50.3 Å². The van der Waals surface area contributed by atoms with Gasteiger partial charge in [-0.05, 0) is 64.0 Å². The van der Waals surface area contributed by atoms with E-state index in [-0.39, 0.29) is 48.6 Å². The van der Waals surface area contributed by atoms with Crippen LogP contribution in [-0.2, 0) is 22.7 Å². The molecule has 2 aliphatic carbocycles. The van der Waals surface area contributed by atoms with Crippen LogP contribution in [0.5, 0.6) is 0 Å². The molecule has 0 amide bonds. The van der Waals surface area contributed by atoms with Gasteiger partial charge in [0.15, 0.2) is 0 Å². The Kier molecular flexibility index (Phi) is 13.4. The summed E-state index contributed by atoms with van der Waals surface area (Å²) in [6.07, 6.45) is 7.15. The highest BCUT2D eigenvalue weighted by molar-refractivity contribution is 5.85. The van der Waals surface area contributed by atoms with E-state index in [4.69, 9.17) is 0 Å². The molecule has 4 N–H and O–H groups in total. The summed E-state index contributed by atoms with van der Waals surface area (Å²) in [4.78, 5) is 64.0. The molecule has 48 heavy (non-hydrogen) atoms.